The highest BCUT2D eigenvalue weighted by molar-refractivity contribution is 5.97. The Morgan fingerprint density at radius 3 is 2.60 bits per heavy atom. The van der Waals surface area contributed by atoms with Crippen LogP contribution in [0.15, 0.2) is 57.7 Å². The molecular formula is C24H19N3O3. The van der Waals surface area contributed by atoms with Crippen LogP contribution in [0.5, 0.6) is 5.75 Å². The molecule has 0 saturated carbocycles. The van der Waals surface area contributed by atoms with Crippen molar-refractivity contribution in [2.24, 2.45) is 0 Å². The molecule has 30 heavy (non-hydrogen) atoms. The first-order valence-electron chi connectivity index (χ1n) is 9.50. The summed E-state index contributed by atoms with van der Waals surface area (Å²) in [5.74, 6) is -0.0561. The number of nitriles is 1. The van der Waals surface area contributed by atoms with Crippen molar-refractivity contribution in [1.82, 2.24) is 4.98 Å². The number of hydrogen-bond donors (Lipinski definition) is 2. The van der Waals surface area contributed by atoms with Crippen LogP contribution in [0.2, 0.25) is 0 Å². The smallest absolute Gasteiger partial charge is 0.339 e. The molecule has 0 unspecified atom stereocenters. The van der Waals surface area contributed by atoms with E-state index in [0.717, 1.165) is 11.1 Å². The predicted octanol–water partition coefficient (Wildman–Crippen LogP) is 4.55. The van der Waals surface area contributed by atoms with E-state index in [9.17, 15) is 15.2 Å². The van der Waals surface area contributed by atoms with Crippen molar-refractivity contribution in [3.63, 3.8) is 0 Å². The number of aromatic hydroxyl groups is 1. The summed E-state index contributed by atoms with van der Waals surface area (Å²) in [5, 5.41) is 21.0. The van der Waals surface area contributed by atoms with E-state index in [1.807, 2.05) is 44.2 Å². The minimum absolute atomic E-state index is 0.0366. The molecule has 6 nitrogen and oxygen atoms in total. The van der Waals surface area contributed by atoms with Gasteiger partial charge in [-0.05, 0) is 42.7 Å². The minimum atomic E-state index is -0.445. The number of aromatic nitrogens is 1. The highest BCUT2D eigenvalue weighted by Crippen LogP contribution is 2.39. The van der Waals surface area contributed by atoms with Crippen LogP contribution in [-0.2, 0) is 6.42 Å². The van der Waals surface area contributed by atoms with E-state index in [-0.39, 0.29) is 28.3 Å². The SMILES string of the molecule is CCc1c(C)c2ccc(O)c(-c3cc(-c4ccccc4)c(C#N)c(N)n3)c2oc1=O. The number of benzene rings is 2. The fraction of sp³-hybridized carbons (Fsp3) is 0.125. The molecule has 4 aromatic rings. The molecule has 0 saturated heterocycles. The minimum Gasteiger partial charge on any atom is -0.507 e. The molecule has 148 valence electrons. The van der Waals surface area contributed by atoms with Gasteiger partial charge in [0.25, 0.3) is 0 Å². The van der Waals surface area contributed by atoms with Crippen molar-refractivity contribution in [1.29, 1.82) is 5.26 Å². The number of hydrogen-bond acceptors (Lipinski definition) is 6. The van der Waals surface area contributed by atoms with Crippen molar-refractivity contribution in [3.8, 4) is 34.2 Å². The third-order valence-corrected chi connectivity index (χ3v) is 5.29. The number of fused-ring (bicyclic) bond motifs is 1. The van der Waals surface area contributed by atoms with E-state index in [0.29, 0.717) is 28.6 Å². The van der Waals surface area contributed by atoms with Gasteiger partial charge in [0.15, 0.2) is 5.58 Å². The largest absolute Gasteiger partial charge is 0.507 e. The van der Waals surface area contributed by atoms with Crippen LogP contribution in [0.4, 0.5) is 5.82 Å². The number of nitrogens with zero attached hydrogens (tertiary/aromatic N) is 2. The average Bonchev–Trinajstić information content (AvgIpc) is 2.74. The van der Waals surface area contributed by atoms with Gasteiger partial charge in [-0.25, -0.2) is 9.78 Å². The highest BCUT2D eigenvalue weighted by atomic mass is 16.4. The molecule has 6 heteroatoms. The molecule has 0 spiro atoms. The number of rotatable bonds is 3. The zero-order chi connectivity index (χ0) is 21.4. The summed E-state index contributed by atoms with van der Waals surface area (Å²) >= 11 is 0. The molecule has 0 fully saturated rings. The van der Waals surface area contributed by atoms with Gasteiger partial charge in [-0.1, -0.05) is 37.3 Å². The maximum atomic E-state index is 12.5. The Labute approximate surface area is 172 Å². The Bertz CT molecular complexity index is 1380. The normalized spacial score (nSPS) is 10.8. The number of pyridine rings is 1. The monoisotopic (exact) mass is 397 g/mol. The maximum absolute atomic E-state index is 12.5. The van der Waals surface area contributed by atoms with Gasteiger partial charge in [-0.3, -0.25) is 0 Å². The van der Waals surface area contributed by atoms with E-state index in [1.54, 1.807) is 18.2 Å². The Morgan fingerprint density at radius 1 is 1.20 bits per heavy atom. The highest BCUT2D eigenvalue weighted by Gasteiger charge is 2.21. The molecule has 2 aromatic heterocycles. The van der Waals surface area contributed by atoms with Gasteiger partial charge in [0.2, 0.25) is 0 Å². The lowest BCUT2D eigenvalue weighted by molar-refractivity contribution is 0.475. The van der Waals surface area contributed by atoms with Crippen LogP contribution in [-0.4, -0.2) is 10.1 Å². The van der Waals surface area contributed by atoms with Gasteiger partial charge >= 0.3 is 5.63 Å². The summed E-state index contributed by atoms with van der Waals surface area (Å²) in [4.78, 5) is 16.8. The van der Waals surface area contributed by atoms with Crippen LogP contribution < -0.4 is 11.4 Å². The van der Waals surface area contributed by atoms with Gasteiger partial charge in [0.05, 0.1) is 11.3 Å². The Morgan fingerprint density at radius 2 is 1.93 bits per heavy atom. The van der Waals surface area contributed by atoms with E-state index < -0.39 is 5.63 Å². The number of anilines is 1. The topological polar surface area (TPSA) is 113 Å². The standard InChI is InChI=1S/C24H19N3O3/c1-3-15-13(2)16-9-10-20(28)21(22(16)30-24(15)29)19-11-17(14-7-5-4-6-8-14)18(12-25)23(26)27-19/h4-11,28H,3H2,1-2H3,(H2,26,27). The van der Waals surface area contributed by atoms with Gasteiger partial charge in [-0.15, -0.1) is 0 Å². The average molecular weight is 397 g/mol. The van der Waals surface area contributed by atoms with Gasteiger partial charge in [0, 0.05) is 16.5 Å². The molecular weight excluding hydrogens is 378 g/mol. The van der Waals surface area contributed by atoms with Gasteiger partial charge < -0.3 is 15.3 Å². The van der Waals surface area contributed by atoms with Crippen molar-refractivity contribution < 1.29 is 9.52 Å². The first-order chi connectivity index (χ1) is 14.5. The third-order valence-electron chi connectivity index (χ3n) is 5.29. The van der Waals surface area contributed by atoms with Crippen LogP contribution >= 0.6 is 0 Å². The van der Waals surface area contributed by atoms with E-state index >= 15 is 0 Å². The van der Waals surface area contributed by atoms with Crippen LogP contribution in [0, 0.1) is 18.3 Å². The van der Waals surface area contributed by atoms with Crippen LogP contribution in [0.3, 0.4) is 0 Å². The fourth-order valence-corrected chi connectivity index (χ4v) is 3.76. The number of nitrogens with two attached hydrogens (primary N) is 1. The predicted molar refractivity (Wildman–Crippen MR) is 116 cm³/mol. The molecule has 0 radical (unpaired) electrons. The summed E-state index contributed by atoms with van der Waals surface area (Å²) in [6.45, 7) is 3.75. The molecule has 0 aliphatic rings. The molecule has 0 aliphatic heterocycles. The lowest BCUT2D eigenvalue weighted by atomic mass is 9.96. The number of phenolic OH excluding ortho intramolecular Hbond substituents is 1. The Balaban J connectivity index is 2.09. The van der Waals surface area contributed by atoms with Crippen LogP contribution in [0.25, 0.3) is 33.4 Å². The van der Waals surface area contributed by atoms with E-state index in [2.05, 4.69) is 11.1 Å². The summed E-state index contributed by atoms with van der Waals surface area (Å²) in [6.07, 6.45) is 0.542. The Kier molecular flexibility index (Phi) is 4.72. The molecule has 2 heterocycles. The molecule has 4 rings (SSSR count). The molecule has 3 N–H and O–H groups in total. The second-order valence-corrected chi connectivity index (χ2v) is 6.98. The van der Waals surface area contributed by atoms with Crippen molar-refractivity contribution >= 4 is 16.8 Å². The Hall–Kier alpha value is -4.11. The van der Waals surface area contributed by atoms with Crippen LogP contribution in [0.1, 0.15) is 23.6 Å². The van der Waals surface area contributed by atoms with Gasteiger partial charge in [0.1, 0.15) is 23.2 Å². The number of phenols is 1. The van der Waals surface area contributed by atoms with Crippen molar-refractivity contribution in [2.75, 3.05) is 5.73 Å². The molecule has 0 bridgehead atoms. The quantitative estimate of drug-likeness (QED) is 0.490. The first-order valence-corrected chi connectivity index (χ1v) is 9.50. The van der Waals surface area contributed by atoms with E-state index in [1.165, 1.54) is 0 Å². The number of aryl methyl sites for hydroxylation is 1. The van der Waals surface area contributed by atoms with Crippen molar-refractivity contribution in [3.05, 3.63) is 75.6 Å². The summed E-state index contributed by atoms with van der Waals surface area (Å²) in [7, 11) is 0. The first kappa shape index (κ1) is 19.2. The fourth-order valence-electron chi connectivity index (χ4n) is 3.76. The van der Waals surface area contributed by atoms with E-state index in [4.69, 9.17) is 10.2 Å². The third kappa shape index (κ3) is 2.97. The second-order valence-electron chi connectivity index (χ2n) is 6.98. The molecule has 0 atom stereocenters. The maximum Gasteiger partial charge on any atom is 0.339 e. The summed E-state index contributed by atoms with van der Waals surface area (Å²) in [6, 6.07) is 16.4. The zero-order valence-electron chi connectivity index (χ0n) is 16.6. The second kappa shape index (κ2) is 7.37. The summed E-state index contributed by atoms with van der Waals surface area (Å²) < 4.78 is 5.61. The zero-order valence-corrected chi connectivity index (χ0v) is 16.6. The molecule has 2 aromatic carbocycles. The van der Waals surface area contributed by atoms with Crippen molar-refractivity contribution in [2.45, 2.75) is 20.3 Å². The molecule has 0 amide bonds. The van der Waals surface area contributed by atoms with Gasteiger partial charge in [-0.2, -0.15) is 5.26 Å². The molecule has 0 aliphatic carbocycles. The summed E-state index contributed by atoms with van der Waals surface area (Å²) in [5.41, 5.74) is 9.49. The number of nitrogen functional groups attached to an aromatic ring is 1. The lowest BCUT2D eigenvalue weighted by Gasteiger charge is -2.14. The lowest BCUT2D eigenvalue weighted by Crippen LogP contribution is -2.09.